The molecule has 7 nitrogen and oxygen atoms in total. The SMILES string of the molecule is CC(C)(C)OC(=O)Nc1sc2cc(C3CN(C(=O)OCc4ccccc4)C3)cnc2c1Br. The molecule has 4 rings (SSSR count). The van der Waals surface area contributed by atoms with Crippen LogP contribution in [0.4, 0.5) is 14.6 Å². The van der Waals surface area contributed by atoms with Crippen LogP contribution in [-0.4, -0.2) is 40.8 Å². The molecule has 1 fully saturated rings. The summed E-state index contributed by atoms with van der Waals surface area (Å²) in [7, 11) is 0. The van der Waals surface area contributed by atoms with Gasteiger partial charge in [-0.05, 0) is 53.9 Å². The highest BCUT2D eigenvalue weighted by molar-refractivity contribution is 9.10. The fourth-order valence-electron chi connectivity index (χ4n) is 3.31. The molecule has 32 heavy (non-hydrogen) atoms. The zero-order valence-corrected chi connectivity index (χ0v) is 20.5. The zero-order valence-electron chi connectivity index (χ0n) is 18.1. The van der Waals surface area contributed by atoms with Gasteiger partial charge in [0.2, 0.25) is 0 Å². The van der Waals surface area contributed by atoms with E-state index in [1.807, 2.05) is 57.3 Å². The molecule has 0 aliphatic carbocycles. The highest BCUT2D eigenvalue weighted by Crippen LogP contribution is 2.40. The average Bonchev–Trinajstić information content (AvgIpc) is 2.99. The van der Waals surface area contributed by atoms with Crippen molar-refractivity contribution in [3.8, 4) is 0 Å². The minimum absolute atomic E-state index is 0.208. The highest BCUT2D eigenvalue weighted by atomic mass is 79.9. The first kappa shape index (κ1) is 22.5. The quantitative estimate of drug-likeness (QED) is 0.449. The van der Waals surface area contributed by atoms with Gasteiger partial charge in [0, 0.05) is 25.2 Å². The normalized spacial score (nSPS) is 14.2. The number of pyridine rings is 1. The van der Waals surface area contributed by atoms with E-state index in [0.717, 1.165) is 25.8 Å². The molecule has 3 aromatic rings. The van der Waals surface area contributed by atoms with Crippen molar-refractivity contribution in [3.63, 3.8) is 0 Å². The Bertz CT molecular complexity index is 1140. The second-order valence-corrected chi connectivity index (χ2v) is 10.5. The molecule has 0 saturated carbocycles. The summed E-state index contributed by atoms with van der Waals surface area (Å²) in [4.78, 5) is 30.6. The van der Waals surface area contributed by atoms with Crippen molar-refractivity contribution >= 4 is 54.7 Å². The number of aromatic nitrogens is 1. The number of hydrogen-bond acceptors (Lipinski definition) is 6. The number of likely N-dealkylation sites (tertiary alicyclic amines) is 1. The standard InChI is InChI=1S/C23H24BrN3O4S/c1-23(2,3)31-21(28)26-20-18(24)19-17(32-20)9-15(10-25-19)16-11-27(12-16)22(29)30-13-14-7-5-4-6-8-14/h4-10,16H,11-13H2,1-3H3,(H,26,28). The molecule has 0 spiro atoms. The van der Waals surface area contributed by atoms with Crippen LogP contribution < -0.4 is 5.32 Å². The molecular formula is C23H24BrN3O4S. The van der Waals surface area contributed by atoms with Crippen LogP contribution in [0.5, 0.6) is 0 Å². The molecule has 3 heterocycles. The number of thiophene rings is 1. The van der Waals surface area contributed by atoms with Gasteiger partial charge < -0.3 is 14.4 Å². The molecular weight excluding hydrogens is 494 g/mol. The Hall–Kier alpha value is -2.65. The summed E-state index contributed by atoms with van der Waals surface area (Å²) in [5.41, 5.74) is 2.23. The summed E-state index contributed by atoms with van der Waals surface area (Å²) in [5.74, 6) is 0.208. The van der Waals surface area contributed by atoms with Gasteiger partial charge in [-0.15, -0.1) is 11.3 Å². The number of nitrogens with one attached hydrogen (secondary N) is 1. The predicted octanol–water partition coefficient (Wildman–Crippen LogP) is 6.14. The van der Waals surface area contributed by atoms with Gasteiger partial charge in [0.05, 0.1) is 14.7 Å². The Morgan fingerprint density at radius 3 is 2.66 bits per heavy atom. The Morgan fingerprint density at radius 1 is 1.25 bits per heavy atom. The van der Waals surface area contributed by atoms with Gasteiger partial charge in [0.1, 0.15) is 17.2 Å². The molecule has 1 N–H and O–H groups in total. The number of amides is 2. The summed E-state index contributed by atoms with van der Waals surface area (Å²) in [6.07, 6.45) is 1.02. The van der Waals surface area contributed by atoms with Gasteiger partial charge >= 0.3 is 12.2 Å². The minimum atomic E-state index is -0.572. The first-order valence-electron chi connectivity index (χ1n) is 10.2. The second kappa shape index (κ2) is 9.07. The van der Waals surface area contributed by atoms with Crippen molar-refractivity contribution in [2.24, 2.45) is 0 Å². The van der Waals surface area contributed by atoms with Crippen LogP contribution in [0.25, 0.3) is 10.2 Å². The molecule has 0 unspecified atom stereocenters. The first-order valence-corrected chi connectivity index (χ1v) is 11.8. The molecule has 2 aromatic heterocycles. The highest BCUT2D eigenvalue weighted by Gasteiger charge is 2.33. The van der Waals surface area contributed by atoms with Crippen LogP contribution in [0, 0.1) is 0 Å². The fraction of sp³-hybridized carbons (Fsp3) is 0.348. The summed E-state index contributed by atoms with van der Waals surface area (Å²) >= 11 is 4.96. The topological polar surface area (TPSA) is 80.8 Å². The van der Waals surface area contributed by atoms with Gasteiger partial charge in [-0.3, -0.25) is 10.3 Å². The summed E-state index contributed by atoms with van der Waals surface area (Å²) in [5, 5.41) is 3.43. The van der Waals surface area contributed by atoms with E-state index in [1.165, 1.54) is 11.3 Å². The number of benzene rings is 1. The smallest absolute Gasteiger partial charge is 0.412 e. The van der Waals surface area contributed by atoms with E-state index >= 15 is 0 Å². The Labute approximate surface area is 198 Å². The number of nitrogens with zero attached hydrogens (tertiary/aromatic N) is 2. The zero-order chi connectivity index (χ0) is 22.9. The third-order valence-corrected chi connectivity index (χ3v) is 7.00. The Morgan fingerprint density at radius 2 is 1.97 bits per heavy atom. The van der Waals surface area contributed by atoms with E-state index in [0.29, 0.717) is 18.1 Å². The number of carbonyl (C=O) groups is 2. The van der Waals surface area contributed by atoms with E-state index in [1.54, 1.807) is 4.90 Å². The molecule has 9 heteroatoms. The van der Waals surface area contributed by atoms with Crippen molar-refractivity contribution < 1.29 is 19.1 Å². The van der Waals surface area contributed by atoms with Crippen LogP contribution in [0.3, 0.4) is 0 Å². The van der Waals surface area contributed by atoms with Crippen LogP contribution in [-0.2, 0) is 16.1 Å². The van der Waals surface area contributed by atoms with Crippen molar-refractivity contribution in [3.05, 3.63) is 58.2 Å². The molecule has 0 bridgehead atoms. The van der Waals surface area contributed by atoms with Gasteiger partial charge in [0.25, 0.3) is 0 Å². The van der Waals surface area contributed by atoms with Crippen LogP contribution in [0.15, 0.2) is 47.1 Å². The van der Waals surface area contributed by atoms with Gasteiger partial charge in [-0.2, -0.15) is 0 Å². The van der Waals surface area contributed by atoms with Gasteiger partial charge in [-0.25, -0.2) is 9.59 Å². The number of carbonyl (C=O) groups excluding carboxylic acids is 2. The lowest BCUT2D eigenvalue weighted by Crippen LogP contribution is -2.48. The third-order valence-electron chi connectivity index (χ3n) is 4.92. The Balaban J connectivity index is 1.36. The molecule has 0 atom stereocenters. The molecule has 1 saturated heterocycles. The lowest BCUT2D eigenvalue weighted by atomic mass is 9.93. The summed E-state index contributed by atoms with van der Waals surface area (Å²) < 4.78 is 12.4. The number of fused-ring (bicyclic) bond motifs is 1. The van der Waals surface area contributed by atoms with E-state index in [9.17, 15) is 9.59 Å². The number of halogens is 1. The lowest BCUT2D eigenvalue weighted by molar-refractivity contribution is 0.0634. The molecule has 168 valence electrons. The van der Waals surface area contributed by atoms with Gasteiger partial charge in [-0.1, -0.05) is 30.3 Å². The number of ether oxygens (including phenoxy) is 2. The predicted molar refractivity (Wildman–Crippen MR) is 128 cm³/mol. The molecule has 1 aromatic carbocycles. The van der Waals surface area contributed by atoms with Crippen molar-refractivity contribution in [1.82, 2.24) is 9.88 Å². The minimum Gasteiger partial charge on any atom is -0.445 e. The lowest BCUT2D eigenvalue weighted by Gasteiger charge is -2.38. The van der Waals surface area contributed by atoms with Crippen molar-refractivity contribution in [2.45, 2.75) is 38.9 Å². The first-order chi connectivity index (χ1) is 15.2. The van der Waals surface area contributed by atoms with E-state index in [-0.39, 0.29) is 18.6 Å². The third kappa shape index (κ3) is 5.21. The average molecular weight is 518 g/mol. The van der Waals surface area contributed by atoms with Crippen LogP contribution in [0.2, 0.25) is 0 Å². The largest absolute Gasteiger partial charge is 0.445 e. The Kier molecular flexibility index (Phi) is 6.39. The van der Waals surface area contributed by atoms with E-state index in [4.69, 9.17) is 9.47 Å². The number of rotatable bonds is 4. The number of hydrogen-bond donors (Lipinski definition) is 1. The molecule has 0 radical (unpaired) electrons. The summed E-state index contributed by atoms with van der Waals surface area (Å²) in [6, 6.07) is 11.7. The maximum absolute atomic E-state index is 12.3. The maximum Gasteiger partial charge on any atom is 0.412 e. The summed E-state index contributed by atoms with van der Waals surface area (Å²) in [6.45, 7) is 6.91. The number of anilines is 1. The molecule has 1 aliphatic heterocycles. The van der Waals surface area contributed by atoms with Crippen molar-refractivity contribution in [1.29, 1.82) is 0 Å². The monoisotopic (exact) mass is 517 g/mol. The molecule has 2 amide bonds. The van der Waals surface area contributed by atoms with Gasteiger partial charge in [0.15, 0.2) is 0 Å². The maximum atomic E-state index is 12.3. The van der Waals surface area contributed by atoms with Crippen molar-refractivity contribution in [2.75, 3.05) is 18.4 Å². The van der Waals surface area contributed by atoms with E-state index in [2.05, 4.69) is 32.3 Å². The van der Waals surface area contributed by atoms with Crippen LogP contribution >= 0.6 is 27.3 Å². The molecule has 1 aliphatic rings. The fourth-order valence-corrected chi connectivity index (χ4v) is 5.09. The second-order valence-electron chi connectivity index (χ2n) is 8.63. The van der Waals surface area contributed by atoms with E-state index < -0.39 is 11.7 Å². The van der Waals surface area contributed by atoms with Crippen LogP contribution in [0.1, 0.15) is 37.8 Å².